The SMILES string of the molecule is CCNC(=NCCCOc1ccccc1)NC(C)c1nc(C)c(C(=O)OCC)s1.I. The van der Waals surface area contributed by atoms with E-state index >= 15 is 0 Å². The van der Waals surface area contributed by atoms with Crippen LogP contribution in [-0.2, 0) is 4.74 Å². The van der Waals surface area contributed by atoms with E-state index in [-0.39, 0.29) is 36.0 Å². The normalized spacial score (nSPS) is 11.9. The Morgan fingerprint density at radius 3 is 2.67 bits per heavy atom. The van der Waals surface area contributed by atoms with Crippen molar-refractivity contribution in [1.82, 2.24) is 15.6 Å². The van der Waals surface area contributed by atoms with Crippen LogP contribution < -0.4 is 15.4 Å². The van der Waals surface area contributed by atoms with Gasteiger partial charge in [-0.15, -0.1) is 35.3 Å². The van der Waals surface area contributed by atoms with E-state index in [0.717, 1.165) is 23.7 Å². The first-order valence-corrected chi connectivity index (χ1v) is 10.7. The van der Waals surface area contributed by atoms with Gasteiger partial charge in [-0.2, -0.15) is 0 Å². The Kier molecular flexibility index (Phi) is 12.4. The van der Waals surface area contributed by atoms with Crippen molar-refractivity contribution in [3.05, 3.63) is 45.9 Å². The number of guanidine groups is 1. The number of nitrogens with zero attached hydrogens (tertiary/aromatic N) is 2. The molecule has 1 aromatic carbocycles. The van der Waals surface area contributed by atoms with Gasteiger partial charge in [-0.1, -0.05) is 18.2 Å². The minimum Gasteiger partial charge on any atom is -0.494 e. The summed E-state index contributed by atoms with van der Waals surface area (Å²) in [5.74, 6) is 1.26. The Morgan fingerprint density at radius 2 is 2.00 bits per heavy atom. The predicted octanol–water partition coefficient (Wildman–Crippen LogP) is 4.33. The third-order valence-corrected chi connectivity index (χ3v) is 5.25. The van der Waals surface area contributed by atoms with Gasteiger partial charge in [-0.05, 0) is 39.8 Å². The number of carbonyl (C=O) groups is 1. The van der Waals surface area contributed by atoms with Crippen molar-refractivity contribution in [2.75, 3.05) is 26.3 Å². The number of benzene rings is 1. The van der Waals surface area contributed by atoms with Gasteiger partial charge in [0.15, 0.2) is 5.96 Å². The summed E-state index contributed by atoms with van der Waals surface area (Å²) in [5, 5.41) is 7.41. The Morgan fingerprint density at radius 1 is 1.27 bits per heavy atom. The number of hydrogen-bond donors (Lipinski definition) is 2. The zero-order valence-electron chi connectivity index (χ0n) is 17.9. The van der Waals surface area contributed by atoms with Gasteiger partial charge in [0.05, 0.1) is 24.9 Å². The fourth-order valence-corrected chi connectivity index (χ4v) is 3.50. The average molecular weight is 546 g/mol. The van der Waals surface area contributed by atoms with Gasteiger partial charge in [0, 0.05) is 19.5 Å². The van der Waals surface area contributed by atoms with E-state index in [4.69, 9.17) is 9.47 Å². The lowest BCUT2D eigenvalue weighted by molar-refractivity contribution is 0.0531. The molecule has 0 aliphatic rings. The highest BCUT2D eigenvalue weighted by Gasteiger charge is 2.20. The van der Waals surface area contributed by atoms with Crippen LogP contribution in [0.1, 0.15) is 53.6 Å². The summed E-state index contributed by atoms with van der Waals surface area (Å²) in [4.78, 5) is 21.7. The van der Waals surface area contributed by atoms with Crippen LogP contribution in [0.15, 0.2) is 35.3 Å². The molecule has 0 fully saturated rings. The maximum atomic E-state index is 12.0. The highest BCUT2D eigenvalue weighted by molar-refractivity contribution is 14.0. The van der Waals surface area contributed by atoms with Crippen molar-refractivity contribution in [2.45, 2.75) is 40.2 Å². The van der Waals surface area contributed by atoms with Gasteiger partial charge in [0.25, 0.3) is 0 Å². The average Bonchev–Trinajstić information content (AvgIpc) is 3.11. The maximum Gasteiger partial charge on any atom is 0.350 e. The molecule has 1 atom stereocenters. The molecule has 1 aromatic heterocycles. The van der Waals surface area contributed by atoms with Gasteiger partial charge < -0.3 is 20.1 Å². The molecule has 0 aliphatic carbocycles. The van der Waals surface area contributed by atoms with Crippen molar-refractivity contribution < 1.29 is 14.3 Å². The van der Waals surface area contributed by atoms with Crippen LogP contribution in [0.2, 0.25) is 0 Å². The van der Waals surface area contributed by atoms with Gasteiger partial charge in [0.1, 0.15) is 15.6 Å². The Labute approximate surface area is 199 Å². The summed E-state index contributed by atoms with van der Waals surface area (Å²) < 4.78 is 10.8. The lowest BCUT2D eigenvalue weighted by Crippen LogP contribution is -2.38. The number of thiazole rings is 1. The highest BCUT2D eigenvalue weighted by Crippen LogP contribution is 2.24. The summed E-state index contributed by atoms with van der Waals surface area (Å²) in [7, 11) is 0. The lowest BCUT2D eigenvalue weighted by atomic mass is 10.3. The summed E-state index contributed by atoms with van der Waals surface area (Å²) in [5.41, 5.74) is 0.692. The summed E-state index contributed by atoms with van der Waals surface area (Å²) >= 11 is 1.35. The quantitative estimate of drug-likeness (QED) is 0.152. The first kappa shape index (κ1) is 26.2. The molecule has 0 saturated carbocycles. The van der Waals surface area contributed by atoms with Crippen LogP contribution >= 0.6 is 35.3 Å². The van der Waals surface area contributed by atoms with Gasteiger partial charge in [-0.3, -0.25) is 4.99 Å². The fraction of sp³-hybridized carbons (Fsp3) is 0.476. The molecule has 7 nitrogen and oxygen atoms in total. The largest absolute Gasteiger partial charge is 0.494 e. The zero-order chi connectivity index (χ0) is 21.1. The van der Waals surface area contributed by atoms with Crippen LogP contribution in [0.4, 0.5) is 0 Å². The highest BCUT2D eigenvalue weighted by atomic mass is 127. The topological polar surface area (TPSA) is 84.8 Å². The smallest absolute Gasteiger partial charge is 0.350 e. The molecule has 2 rings (SSSR count). The number of para-hydroxylation sites is 1. The molecule has 166 valence electrons. The molecule has 9 heteroatoms. The second-order valence-electron chi connectivity index (χ2n) is 6.33. The summed E-state index contributed by atoms with van der Waals surface area (Å²) in [6, 6.07) is 9.67. The van der Waals surface area contributed by atoms with E-state index in [1.165, 1.54) is 11.3 Å². The number of hydrogen-bond acceptors (Lipinski definition) is 6. The van der Waals surface area contributed by atoms with E-state index in [9.17, 15) is 4.79 Å². The number of halogens is 1. The summed E-state index contributed by atoms with van der Waals surface area (Å²) in [6.45, 7) is 9.99. The molecule has 0 amide bonds. The molecule has 2 N–H and O–H groups in total. The molecule has 0 bridgehead atoms. The van der Waals surface area contributed by atoms with Crippen molar-refractivity contribution in [3.63, 3.8) is 0 Å². The summed E-state index contributed by atoms with van der Waals surface area (Å²) in [6.07, 6.45) is 0.809. The first-order valence-electron chi connectivity index (χ1n) is 9.92. The van der Waals surface area contributed by atoms with Crippen molar-refractivity contribution in [1.29, 1.82) is 0 Å². The molecule has 0 saturated heterocycles. The van der Waals surface area contributed by atoms with E-state index in [1.807, 2.05) is 51.1 Å². The van der Waals surface area contributed by atoms with Gasteiger partial charge >= 0.3 is 5.97 Å². The van der Waals surface area contributed by atoms with Crippen LogP contribution in [0, 0.1) is 6.92 Å². The first-order chi connectivity index (χ1) is 14.0. The molecule has 1 heterocycles. The molecule has 2 aromatic rings. The van der Waals surface area contributed by atoms with Gasteiger partial charge in [0.2, 0.25) is 0 Å². The van der Waals surface area contributed by atoms with E-state index in [1.54, 1.807) is 6.92 Å². The Hall–Kier alpha value is -1.88. The second-order valence-corrected chi connectivity index (χ2v) is 7.36. The maximum absolute atomic E-state index is 12.0. The van der Waals surface area contributed by atoms with Crippen molar-refractivity contribution in [3.8, 4) is 5.75 Å². The third kappa shape index (κ3) is 8.47. The number of aliphatic imine (C=N–C) groups is 1. The zero-order valence-corrected chi connectivity index (χ0v) is 21.1. The van der Waals surface area contributed by atoms with Gasteiger partial charge in [-0.25, -0.2) is 9.78 Å². The van der Waals surface area contributed by atoms with Crippen LogP contribution in [0.3, 0.4) is 0 Å². The van der Waals surface area contributed by atoms with Crippen LogP contribution in [-0.4, -0.2) is 43.2 Å². The molecule has 30 heavy (non-hydrogen) atoms. The van der Waals surface area contributed by atoms with E-state index in [0.29, 0.717) is 36.3 Å². The number of aromatic nitrogens is 1. The molecule has 0 spiro atoms. The lowest BCUT2D eigenvalue weighted by Gasteiger charge is -2.16. The third-order valence-electron chi connectivity index (χ3n) is 3.93. The van der Waals surface area contributed by atoms with E-state index in [2.05, 4.69) is 20.6 Å². The number of aryl methyl sites for hydroxylation is 1. The second kappa shape index (κ2) is 14.2. The number of nitrogens with one attached hydrogen (secondary N) is 2. The van der Waals surface area contributed by atoms with Crippen molar-refractivity contribution >= 4 is 47.2 Å². The minimum absolute atomic E-state index is 0. The molecule has 0 aliphatic heterocycles. The fourth-order valence-electron chi connectivity index (χ4n) is 2.54. The molecular formula is C21H31IN4O3S. The molecule has 0 radical (unpaired) electrons. The number of ether oxygens (including phenoxy) is 2. The standard InChI is InChI=1S/C21H30N4O3S.HI/c1-5-22-21(23-13-10-14-28-17-11-8-7-9-12-17)25-16(4)19-24-15(3)18(29-19)20(26)27-6-2;/h7-9,11-12,16H,5-6,10,13-14H2,1-4H3,(H2,22,23,25);1H. The monoisotopic (exact) mass is 546 g/mol. The minimum atomic E-state index is -0.320. The molecule has 1 unspecified atom stereocenters. The molecular weight excluding hydrogens is 515 g/mol. The predicted molar refractivity (Wildman–Crippen MR) is 132 cm³/mol. The Balaban J connectivity index is 0.00000450. The number of carbonyl (C=O) groups excluding carboxylic acids is 1. The van der Waals surface area contributed by atoms with Crippen molar-refractivity contribution in [2.24, 2.45) is 4.99 Å². The number of esters is 1. The van der Waals surface area contributed by atoms with Crippen LogP contribution in [0.25, 0.3) is 0 Å². The van der Waals surface area contributed by atoms with Crippen LogP contribution in [0.5, 0.6) is 5.75 Å². The Bertz CT molecular complexity index is 799. The number of rotatable bonds is 10. The van der Waals surface area contributed by atoms with E-state index < -0.39 is 0 Å².